The zero-order valence-electron chi connectivity index (χ0n) is 16.5. The summed E-state index contributed by atoms with van der Waals surface area (Å²) >= 11 is 0. The lowest BCUT2D eigenvalue weighted by Gasteiger charge is -2.21. The van der Waals surface area contributed by atoms with E-state index in [1.54, 1.807) is 12.3 Å². The molecule has 3 heterocycles. The van der Waals surface area contributed by atoms with Crippen LogP contribution in [-0.2, 0) is 9.84 Å². The number of carbonyl (C=O) groups excluding carboxylic acids is 1. The monoisotopic (exact) mass is 412 g/mol. The summed E-state index contributed by atoms with van der Waals surface area (Å²) in [6.45, 7) is 0. The Morgan fingerprint density at radius 3 is 2.48 bits per heavy atom. The average molecular weight is 413 g/mol. The van der Waals surface area contributed by atoms with Gasteiger partial charge in [0.1, 0.15) is 15.7 Å². The van der Waals surface area contributed by atoms with Crippen LogP contribution in [0.4, 0.5) is 5.82 Å². The molecule has 0 spiro atoms. The maximum atomic E-state index is 12.1. The normalized spacial score (nSPS) is 16.8. The predicted octanol–water partition coefficient (Wildman–Crippen LogP) is 2.69. The molecular formula is C21H24N4O3S. The number of benzene rings is 1. The number of anilines is 1. The van der Waals surface area contributed by atoms with Crippen LogP contribution in [0.5, 0.6) is 0 Å². The summed E-state index contributed by atoms with van der Waals surface area (Å²) in [6, 6.07) is 7.70. The van der Waals surface area contributed by atoms with E-state index in [-0.39, 0.29) is 17.4 Å². The minimum atomic E-state index is -2.94. The van der Waals surface area contributed by atoms with Crippen LogP contribution in [-0.4, -0.2) is 49.9 Å². The lowest BCUT2D eigenvalue weighted by Crippen LogP contribution is -2.22. The molecule has 1 saturated heterocycles. The molecule has 1 fully saturated rings. The van der Waals surface area contributed by atoms with E-state index in [9.17, 15) is 13.2 Å². The number of hydrogen-bond donors (Lipinski definition) is 2. The fourth-order valence-corrected chi connectivity index (χ4v) is 5.47. The van der Waals surface area contributed by atoms with Gasteiger partial charge in [0.2, 0.25) is 0 Å². The smallest absolute Gasteiger partial charge is 0.250 e. The molecule has 4 rings (SSSR count). The molecule has 29 heavy (non-hydrogen) atoms. The van der Waals surface area contributed by atoms with Crippen molar-refractivity contribution < 1.29 is 13.2 Å². The van der Waals surface area contributed by atoms with Crippen LogP contribution in [0.1, 0.15) is 34.7 Å². The number of fused-ring (bicyclic) bond motifs is 1. The lowest BCUT2D eigenvalue weighted by molar-refractivity contribution is 0.100. The first-order valence-corrected chi connectivity index (χ1v) is 11.4. The molecule has 0 aliphatic carbocycles. The lowest BCUT2D eigenvalue weighted by atomic mass is 9.91. The van der Waals surface area contributed by atoms with Crippen molar-refractivity contribution in [3.05, 3.63) is 47.8 Å². The Labute approximate surface area is 169 Å². The van der Waals surface area contributed by atoms with Crippen molar-refractivity contribution in [2.45, 2.75) is 18.8 Å². The van der Waals surface area contributed by atoms with Crippen LogP contribution in [0.2, 0.25) is 0 Å². The van der Waals surface area contributed by atoms with Gasteiger partial charge in [-0.1, -0.05) is 0 Å². The number of sulfone groups is 1. The third-order valence-electron chi connectivity index (χ3n) is 5.62. The van der Waals surface area contributed by atoms with Crippen LogP contribution in [0.3, 0.4) is 0 Å². The van der Waals surface area contributed by atoms with Gasteiger partial charge >= 0.3 is 0 Å². The molecule has 0 atom stereocenters. The van der Waals surface area contributed by atoms with E-state index < -0.39 is 15.7 Å². The van der Waals surface area contributed by atoms with Gasteiger partial charge in [0.15, 0.2) is 0 Å². The van der Waals surface area contributed by atoms with E-state index in [0.717, 1.165) is 27.9 Å². The van der Waals surface area contributed by atoms with Crippen LogP contribution < -0.4 is 10.6 Å². The first-order chi connectivity index (χ1) is 13.7. The number of amides is 1. The topological polar surface area (TPSA) is 109 Å². The molecule has 3 aromatic rings. The van der Waals surface area contributed by atoms with Gasteiger partial charge in [0, 0.05) is 37.4 Å². The number of rotatable bonds is 4. The van der Waals surface area contributed by atoms with Crippen molar-refractivity contribution in [1.82, 2.24) is 9.97 Å². The number of pyridine rings is 1. The van der Waals surface area contributed by atoms with Gasteiger partial charge in [-0.2, -0.15) is 0 Å². The molecule has 1 aliphatic heterocycles. The first-order valence-electron chi connectivity index (χ1n) is 9.54. The van der Waals surface area contributed by atoms with Crippen molar-refractivity contribution in [3.8, 4) is 11.1 Å². The van der Waals surface area contributed by atoms with Gasteiger partial charge in [-0.15, -0.1) is 0 Å². The summed E-state index contributed by atoms with van der Waals surface area (Å²) in [5, 5.41) is 0.914. The largest absolute Gasteiger partial charge is 0.366 e. The highest BCUT2D eigenvalue weighted by molar-refractivity contribution is 7.91. The van der Waals surface area contributed by atoms with Crippen LogP contribution in [0.15, 0.2) is 36.7 Å². The Kier molecular flexibility index (Phi) is 4.82. The number of nitrogens with one attached hydrogen (secondary N) is 1. The molecule has 1 aliphatic rings. The van der Waals surface area contributed by atoms with Crippen LogP contribution in [0, 0.1) is 0 Å². The van der Waals surface area contributed by atoms with Crippen LogP contribution in [0.25, 0.3) is 22.0 Å². The van der Waals surface area contributed by atoms with E-state index in [1.807, 2.05) is 43.4 Å². The minimum absolute atomic E-state index is 0.137. The number of H-pyrrole nitrogens is 1. The SMILES string of the molecule is CN(C)c1ccc(-c2cc(C(N)=O)c3[nH]cc(C4CCS(=O)(=O)CC4)c3c2)cn1. The van der Waals surface area contributed by atoms with Gasteiger partial charge in [0.25, 0.3) is 5.91 Å². The fourth-order valence-electron chi connectivity index (χ4n) is 3.97. The Morgan fingerprint density at radius 1 is 1.17 bits per heavy atom. The Morgan fingerprint density at radius 2 is 1.90 bits per heavy atom. The number of aromatic nitrogens is 2. The summed E-state index contributed by atoms with van der Waals surface area (Å²) in [7, 11) is 0.912. The second-order valence-corrected chi connectivity index (χ2v) is 10.1. The Balaban J connectivity index is 1.81. The van der Waals surface area contributed by atoms with Gasteiger partial charge in [0.05, 0.1) is 22.6 Å². The van der Waals surface area contributed by atoms with E-state index in [4.69, 9.17) is 5.73 Å². The van der Waals surface area contributed by atoms with Crippen molar-refractivity contribution >= 4 is 32.5 Å². The molecule has 2 aromatic heterocycles. The average Bonchev–Trinajstić information content (AvgIpc) is 3.11. The Bertz CT molecular complexity index is 1170. The van der Waals surface area contributed by atoms with Crippen molar-refractivity contribution in [2.24, 2.45) is 5.73 Å². The second-order valence-electron chi connectivity index (χ2n) is 7.78. The second kappa shape index (κ2) is 7.18. The van der Waals surface area contributed by atoms with Crippen molar-refractivity contribution in [1.29, 1.82) is 0 Å². The van der Waals surface area contributed by atoms with Gasteiger partial charge in [-0.3, -0.25) is 4.79 Å². The minimum Gasteiger partial charge on any atom is -0.366 e. The standard InChI is InChI=1S/C21H24N4O3S/c1-25(2)19-4-3-14(11-23-19)15-9-16-18(13-5-7-29(27,28)8-6-13)12-24-20(16)17(10-15)21(22)26/h3-4,9-13,24H,5-8H2,1-2H3,(H2,22,26). The molecule has 0 saturated carbocycles. The first kappa shape index (κ1) is 19.4. The summed E-state index contributed by atoms with van der Waals surface area (Å²) < 4.78 is 23.6. The maximum Gasteiger partial charge on any atom is 0.250 e. The molecule has 1 aromatic carbocycles. The predicted molar refractivity (Wildman–Crippen MR) is 115 cm³/mol. The number of hydrogen-bond acceptors (Lipinski definition) is 5. The summed E-state index contributed by atoms with van der Waals surface area (Å²) in [6.07, 6.45) is 4.84. The van der Waals surface area contributed by atoms with Crippen molar-refractivity contribution in [2.75, 3.05) is 30.5 Å². The number of primary amides is 1. The van der Waals surface area contributed by atoms with E-state index in [2.05, 4.69) is 9.97 Å². The summed E-state index contributed by atoms with van der Waals surface area (Å²) in [5.74, 6) is 0.869. The maximum absolute atomic E-state index is 12.1. The molecule has 8 heteroatoms. The van der Waals surface area contributed by atoms with Crippen molar-refractivity contribution in [3.63, 3.8) is 0 Å². The molecule has 1 amide bonds. The zero-order chi connectivity index (χ0) is 20.8. The summed E-state index contributed by atoms with van der Waals surface area (Å²) in [4.78, 5) is 21.7. The highest BCUT2D eigenvalue weighted by Crippen LogP contribution is 2.37. The van der Waals surface area contributed by atoms with Gasteiger partial charge in [-0.25, -0.2) is 13.4 Å². The third kappa shape index (κ3) is 3.72. The molecule has 0 unspecified atom stereocenters. The van der Waals surface area contributed by atoms with E-state index in [0.29, 0.717) is 23.9 Å². The van der Waals surface area contributed by atoms with E-state index >= 15 is 0 Å². The number of nitrogens with two attached hydrogens (primary N) is 1. The molecule has 0 bridgehead atoms. The molecule has 7 nitrogen and oxygen atoms in total. The molecule has 152 valence electrons. The highest BCUT2D eigenvalue weighted by atomic mass is 32.2. The Hall–Kier alpha value is -2.87. The highest BCUT2D eigenvalue weighted by Gasteiger charge is 2.27. The number of aromatic amines is 1. The molecule has 3 N–H and O–H groups in total. The van der Waals surface area contributed by atoms with Gasteiger partial charge < -0.3 is 15.6 Å². The number of nitrogens with zero attached hydrogens (tertiary/aromatic N) is 2. The fraction of sp³-hybridized carbons (Fsp3) is 0.333. The summed E-state index contributed by atoms with van der Waals surface area (Å²) in [5.41, 5.74) is 9.55. The molecular weight excluding hydrogens is 388 g/mol. The quantitative estimate of drug-likeness (QED) is 0.685. The number of carbonyl (C=O) groups is 1. The zero-order valence-corrected chi connectivity index (χ0v) is 17.3. The third-order valence-corrected chi connectivity index (χ3v) is 7.34. The molecule has 0 radical (unpaired) electrons. The van der Waals surface area contributed by atoms with Gasteiger partial charge in [-0.05, 0) is 54.2 Å². The van der Waals surface area contributed by atoms with Crippen LogP contribution >= 0.6 is 0 Å². The van der Waals surface area contributed by atoms with E-state index in [1.165, 1.54) is 0 Å².